The fraction of sp³-hybridized carbons (Fsp3) is 0.261. The van der Waals surface area contributed by atoms with Gasteiger partial charge in [0.25, 0.3) is 0 Å². The Morgan fingerprint density at radius 3 is 2.57 bits per heavy atom. The highest BCUT2D eigenvalue weighted by atomic mass is 32.2. The highest BCUT2D eigenvalue weighted by molar-refractivity contribution is 7.92. The lowest BCUT2D eigenvalue weighted by molar-refractivity contribution is -0.116. The van der Waals surface area contributed by atoms with Crippen LogP contribution in [0.2, 0.25) is 0 Å². The van der Waals surface area contributed by atoms with Crippen LogP contribution >= 0.6 is 0 Å². The van der Waals surface area contributed by atoms with Crippen LogP contribution in [0.25, 0.3) is 10.8 Å². The van der Waals surface area contributed by atoms with Crippen molar-refractivity contribution in [3.8, 4) is 0 Å². The molecule has 0 atom stereocenters. The Morgan fingerprint density at radius 2 is 1.73 bits per heavy atom. The average molecular weight is 424 g/mol. The van der Waals surface area contributed by atoms with Gasteiger partial charge >= 0.3 is 0 Å². The first kappa shape index (κ1) is 20.2. The number of amides is 1. The van der Waals surface area contributed by atoms with Gasteiger partial charge in [0.05, 0.1) is 11.9 Å². The standard InChI is InChI=1S/C23H25N3O3S/c1-30(28,29)25-21-12-5-13-22-19(21)10-6-15-26(22)16-14-23(27)24-20-11-4-8-17-7-2-3-9-18(17)20/h2-5,7-9,11-13,25H,6,10,14-16H2,1H3,(H,24,27). The quantitative estimate of drug-likeness (QED) is 0.628. The summed E-state index contributed by atoms with van der Waals surface area (Å²) in [6.07, 6.45) is 3.24. The molecule has 0 saturated heterocycles. The van der Waals surface area contributed by atoms with Crippen LogP contribution in [0.15, 0.2) is 60.7 Å². The van der Waals surface area contributed by atoms with Gasteiger partial charge in [0.1, 0.15) is 0 Å². The van der Waals surface area contributed by atoms with Gasteiger partial charge in [-0.15, -0.1) is 0 Å². The number of nitrogens with one attached hydrogen (secondary N) is 2. The van der Waals surface area contributed by atoms with Crippen LogP contribution in [0.5, 0.6) is 0 Å². The number of fused-ring (bicyclic) bond motifs is 2. The van der Waals surface area contributed by atoms with Gasteiger partial charge in [0.15, 0.2) is 0 Å². The monoisotopic (exact) mass is 423 g/mol. The zero-order chi connectivity index (χ0) is 21.1. The Hall–Kier alpha value is -3.06. The summed E-state index contributed by atoms with van der Waals surface area (Å²) in [6, 6.07) is 19.5. The molecule has 0 aliphatic carbocycles. The lowest BCUT2D eigenvalue weighted by Crippen LogP contribution is -2.33. The summed E-state index contributed by atoms with van der Waals surface area (Å²) in [5.74, 6) is -0.0381. The Bertz CT molecular complexity index is 1190. The maximum atomic E-state index is 12.6. The van der Waals surface area contributed by atoms with E-state index in [0.29, 0.717) is 18.7 Å². The summed E-state index contributed by atoms with van der Waals surface area (Å²) in [4.78, 5) is 14.8. The Kier molecular flexibility index (Phi) is 5.63. The molecule has 0 bridgehead atoms. The van der Waals surface area contributed by atoms with Crippen molar-refractivity contribution < 1.29 is 13.2 Å². The number of benzene rings is 3. The molecule has 0 aromatic heterocycles. The van der Waals surface area contributed by atoms with Gasteiger partial charge < -0.3 is 10.2 Å². The molecule has 0 spiro atoms. The molecule has 3 aromatic rings. The van der Waals surface area contributed by atoms with Gasteiger partial charge in [0, 0.05) is 36.3 Å². The molecule has 156 valence electrons. The predicted molar refractivity (Wildman–Crippen MR) is 123 cm³/mol. The number of hydrogen-bond donors (Lipinski definition) is 2. The maximum Gasteiger partial charge on any atom is 0.229 e. The molecule has 7 heteroatoms. The van der Waals surface area contributed by atoms with Crippen molar-refractivity contribution in [2.45, 2.75) is 19.3 Å². The summed E-state index contributed by atoms with van der Waals surface area (Å²) in [6.45, 7) is 1.42. The van der Waals surface area contributed by atoms with Crippen LogP contribution in [0.1, 0.15) is 18.4 Å². The minimum absolute atomic E-state index is 0.0381. The molecule has 6 nitrogen and oxygen atoms in total. The SMILES string of the molecule is CS(=O)(=O)Nc1cccc2c1CCCN2CCC(=O)Nc1cccc2ccccc12. The number of hydrogen-bond acceptors (Lipinski definition) is 4. The first-order chi connectivity index (χ1) is 14.4. The number of sulfonamides is 1. The fourth-order valence-corrected chi connectivity index (χ4v) is 4.60. The molecule has 0 unspecified atom stereocenters. The van der Waals surface area contributed by atoms with Crippen molar-refractivity contribution >= 4 is 43.8 Å². The molecule has 0 radical (unpaired) electrons. The molecule has 1 aliphatic heterocycles. The van der Waals surface area contributed by atoms with Crippen molar-refractivity contribution in [3.05, 3.63) is 66.2 Å². The molecule has 1 aliphatic rings. The van der Waals surface area contributed by atoms with Crippen molar-refractivity contribution in [2.75, 3.05) is 34.3 Å². The minimum Gasteiger partial charge on any atom is -0.371 e. The molecule has 2 N–H and O–H groups in total. The topological polar surface area (TPSA) is 78.5 Å². The summed E-state index contributed by atoms with van der Waals surface area (Å²) >= 11 is 0. The molecular weight excluding hydrogens is 398 g/mol. The molecule has 4 rings (SSSR count). The Labute approximate surface area is 177 Å². The Morgan fingerprint density at radius 1 is 1.00 bits per heavy atom. The Balaban J connectivity index is 1.46. The van der Waals surface area contributed by atoms with Crippen molar-refractivity contribution in [1.82, 2.24) is 0 Å². The minimum atomic E-state index is -3.34. The second-order valence-corrected chi connectivity index (χ2v) is 9.34. The van der Waals surface area contributed by atoms with Crippen LogP contribution in [0.4, 0.5) is 17.1 Å². The van der Waals surface area contributed by atoms with Crippen LogP contribution in [-0.4, -0.2) is 33.7 Å². The number of nitrogens with zero attached hydrogens (tertiary/aromatic N) is 1. The first-order valence-corrected chi connectivity index (χ1v) is 11.9. The van der Waals surface area contributed by atoms with Gasteiger partial charge in [-0.05, 0) is 42.0 Å². The molecule has 0 saturated carbocycles. The van der Waals surface area contributed by atoms with Crippen LogP contribution in [0.3, 0.4) is 0 Å². The zero-order valence-corrected chi connectivity index (χ0v) is 17.7. The smallest absolute Gasteiger partial charge is 0.229 e. The van der Waals surface area contributed by atoms with E-state index in [-0.39, 0.29) is 5.91 Å². The van der Waals surface area contributed by atoms with E-state index in [1.54, 1.807) is 6.07 Å². The second kappa shape index (κ2) is 8.36. The second-order valence-electron chi connectivity index (χ2n) is 7.59. The summed E-state index contributed by atoms with van der Waals surface area (Å²) in [5.41, 5.74) is 3.42. The summed E-state index contributed by atoms with van der Waals surface area (Å²) in [5, 5.41) is 5.14. The number of anilines is 3. The molecular formula is C23H25N3O3S. The van der Waals surface area contributed by atoms with Crippen molar-refractivity contribution in [3.63, 3.8) is 0 Å². The van der Waals surface area contributed by atoms with Gasteiger partial charge in [0.2, 0.25) is 15.9 Å². The summed E-state index contributed by atoms with van der Waals surface area (Å²) < 4.78 is 26.0. The highest BCUT2D eigenvalue weighted by Crippen LogP contribution is 2.33. The van der Waals surface area contributed by atoms with Gasteiger partial charge in [-0.2, -0.15) is 0 Å². The van der Waals surface area contributed by atoms with Gasteiger partial charge in [-0.25, -0.2) is 8.42 Å². The number of carbonyl (C=O) groups excluding carboxylic acids is 1. The largest absolute Gasteiger partial charge is 0.371 e. The van der Waals surface area contributed by atoms with E-state index >= 15 is 0 Å². The first-order valence-electron chi connectivity index (χ1n) is 10.0. The third kappa shape index (κ3) is 4.57. The lowest BCUT2D eigenvalue weighted by Gasteiger charge is -2.32. The van der Waals surface area contributed by atoms with Crippen LogP contribution in [-0.2, 0) is 21.2 Å². The van der Waals surface area contributed by atoms with Gasteiger partial charge in [-0.3, -0.25) is 9.52 Å². The third-order valence-electron chi connectivity index (χ3n) is 5.31. The van der Waals surface area contributed by atoms with Crippen LogP contribution in [0, 0.1) is 0 Å². The van der Waals surface area contributed by atoms with E-state index < -0.39 is 10.0 Å². The normalized spacial score (nSPS) is 13.7. The van der Waals surface area contributed by atoms with Crippen LogP contribution < -0.4 is 14.9 Å². The van der Waals surface area contributed by atoms with E-state index in [1.165, 1.54) is 0 Å². The lowest BCUT2D eigenvalue weighted by atomic mass is 9.99. The van der Waals surface area contributed by atoms with E-state index in [9.17, 15) is 13.2 Å². The molecule has 1 amide bonds. The fourth-order valence-electron chi connectivity index (χ4n) is 4.01. The van der Waals surface area contributed by atoms with E-state index in [2.05, 4.69) is 14.9 Å². The van der Waals surface area contributed by atoms with Gasteiger partial charge in [-0.1, -0.05) is 42.5 Å². The number of rotatable bonds is 6. The maximum absolute atomic E-state index is 12.6. The van der Waals surface area contributed by atoms with E-state index in [4.69, 9.17) is 0 Å². The average Bonchev–Trinajstić information content (AvgIpc) is 2.72. The summed E-state index contributed by atoms with van der Waals surface area (Å²) in [7, 11) is -3.34. The molecule has 3 aromatic carbocycles. The zero-order valence-electron chi connectivity index (χ0n) is 16.9. The van der Waals surface area contributed by atoms with Crippen molar-refractivity contribution in [1.29, 1.82) is 0 Å². The number of carbonyl (C=O) groups is 1. The third-order valence-corrected chi connectivity index (χ3v) is 5.91. The van der Waals surface area contributed by atoms with E-state index in [0.717, 1.165) is 53.4 Å². The van der Waals surface area contributed by atoms with E-state index in [1.807, 2.05) is 54.6 Å². The van der Waals surface area contributed by atoms with Crippen molar-refractivity contribution in [2.24, 2.45) is 0 Å². The molecule has 1 heterocycles. The highest BCUT2D eigenvalue weighted by Gasteiger charge is 2.21. The predicted octanol–water partition coefficient (Wildman–Crippen LogP) is 3.99. The molecule has 0 fully saturated rings. The molecule has 30 heavy (non-hydrogen) atoms.